The molecule has 2 atom stereocenters. The highest BCUT2D eigenvalue weighted by molar-refractivity contribution is 5.28. The molecule has 0 saturated carbocycles. The van der Waals surface area contributed by atoms with Crippen molar-refractivity contribution in [2.75, 3.05) is 7.05 Å². The van der Waals surface area contributed by atoms with Crippen LogP contribution in [0.1, 0.15) is 46.6 Å². The lowest BCUT2D eigenvalue weighted by Crippen LogP contribution is -2.36. The molecule has 2 rings (SSSR count). The topological polar surface area (TPSA) is 30.5 Å². The number of likely N-dealkylation sites (N-methyl/N-ethyl adjacent to an activating group) is 1. The van der Waals surface area contributed by atoms with Gasteiger partial charge in [-0.2, -0.15) is 0 Å². The summed E-state index contributed by atoms with van der Waals surface area (Å²) in [5.41, 5.74) is 0.963. The largest absolute Gasteiger partial charge is 0.487 e. The van der Waals surface area contributed by atoms with Crippen LogP contribution in [0.3, 0.4) is 0 Å². The normalized spacial score (nSPS) is 24.8. The van der Waals surface area contributed by atoms with Crippen LogP contribution in [0.25, 0.3) is 0 Å². The van der Waals surface area contributed by atoms with Gasteiger partial charge < -0.3 is 14.8 Å². The number of hydrogen-bond donors (Lipinski definition) is 1. The Balaban J connectivity index is 2.00. The van der Waals surface area contributed by atoms with Gasteiger partial charge in [0.1, 0.15) is 17.5 Å². The van der Waals surface area contributed by atoms with Crippen LogP contribution in [0.15, 0.2) is 24.3 Å². The van der Waals surface area contributed by atoms with Gasteiger partial charge in [0.25, 0.3) is 0 Å². The Morgan fingerprint density at radius 3 is 2.33 bits per heavy atom. The lowest BCUT2D eigenvalue weighted by molar-refractivity contribution is -0.0846. The molecule has 1 aliphatic heterocycles. The molecule has 0 radical (unpaired) electrons. The monoisotopic (exact) mass is 291 g/mol. The predicted molar refractivity (Wildman–Crippen MR) is 86.9 cm³/mol. The van der Waals surface area contributed by atoms with Crippen LogP contribution in [0, 0.1) is 0 Å². The van der Waals surface area contributed by atoms with Crippen molar-refractivity contribution < 1.29 is 9.47 Å². The Labute approximate surface area is 129 Å². The molecule has 1 N–H and O–H groups in total. The maximum Gasteiger partial charge on any atom is 0.130 e. The quantitative estimate of drug-likeness (QED) is 0.899. The third-order valence-electron chi connectivity index (χ3n) is 4.23. The van der Waals surface area contributed by atoms with Crippen molar-refractivity contribution in [3.05, 3.63) is 29.8 Å². The third kappa shape index (κ3) is 4.21. The standard InChI is InChI=1S/C18H29NO2/c1-13(19-6)11-14-7-9-15(10-8-14)20-16-12-17(2,3)21-18(16,4)5/h7-10,13,16,19H,11-12H2,1-6H3. The Morgan fingerprint density at radius 2 is 1.86 bits per heavy atom. The van der Waals surface area contributed by atoms with Crippen molar-refractivity contribution in [3.8, 4) is 5.75 Å². The molecule has 0 spiro atoms. The summed E-state index contributed by atoms with van der Waals surface area (Å²) in [7, 11) is 1.99. The first-order chi connectivity index (χ1) is 9.72. The van der Waals surface area contributed by atoms with Crippen molar-refractivity contribution in [3.63, 3.8) is 0 Å². The van der Waals surface area contributed by atoms with Crippen LogP contribution < -0.4 is 10.1 Å². The average molecular weight is 291 g/mol. The molecule has 0 aromatic heterocycles. The molecule has 3 nitrogen and oxygen atoms in total. The Bertz CT molecular complexity index is 465. The van der Waals surface area contributed by atoms with E-state index in [1.165, 1.54) is 5.56 Å². The highest BCUT2D eigenvalue weighted by atomic mass is 16.6. The fourth-order valence-electron chi connectivity index (χ4n) is 3.02. The molecule has 1 fully saturated rings. The van der Waals surface area contributed by atoms with Gasteiger partial charge in [0.15, 0.2) is 0 Å². The number of hydrogen-bond acceptors (Lipinski definition) is 3. The molecular weight excluding hydrogens is 262 g/mol. The van der Waals surface area contributed by atoms with Gasteiger partial charge in [0.05, 0.1) is 5.60 Å². The van der Waals surface area contributed by atoms with E-state index in [2.05, 4.69) is 64.2 Å². The van der Waals surface area contributed by atoms with Gasteiger partial charge in [0.2, 0.25) is 0 Å². The molecule has 0 aliphatic carbocycles. The van der Waals surface area contributed by atoms with Gasteiger partial charge in [-0.15, -0.1) is 0 Å². The molecule has 1 aromatic carbocycles. The first kappa shape index (κ1) is 16.3. The molecule has 1 aliphatic rings. The Hall–Kier alpha value is -1.06. The van der Waals surface area contributed by atoms with E-state index in [0.717, 1.165) is 18.6 Å². The summed E-state index contributed by atoms with van der Waals surface area (Å²) in [6, 6.07) is 8.92. The van der Waals surface area contributed by atoms with Crippen LogP contribution >= 0.6 is 0 Å². The van der Waals surface area contributed by atoms with E-state index in [9.17, 15) is 0 Å². The third-order valence-corrected chi connectivity index (χ3v) is 4.23. The van der Waals surface area contributed by atoms with Crippen LogP contribution in [0.2, 0.25) is 0 Å². The van der Waals surface area contributed by atoms with Crippen LogP contribution in [-0.4, -0.2) is 30.4 Å². The highest BCUT2D eigenvalue weighted by Crippen LogP contribution is 2.39. The number of ether oxygens (including phenoxy) is 2. The lowest BCUT2D eigenvalue weighted by atomic mass is 9.97. The zero-order valence-corrected chi connectivity index (χ0v) is 14.2. The second-order valence-electron chi connectivity index (χ2n) is 7.31. The van der Waals surface area contributed by atoms with Crippen LogP contribution in [-0.2, 0) is 11.2 Å². The second-order valence-corrected chi connectivity index (χ2v) is 7.31. The van der Waals surface area contributed by atoms with Gasteiger partial charge in [0, 0.05) is 12.5 Å². The minimum Gasteiger partial charge on any atom is -0.487 e. The molecule has 0 amide bonds. The summed E-state index contributed by atoms with van der Waals surface area (Å²) in [6.45, 7) is 10.6. The number of nitrogens with one attached hydrogen (secondary N) is 1. The van der Waals surface area contributed by atoms with E-state index in [1.807, 2.05) is 7.05 Å². The van der Waals surface area contributed by atoms with E-state index in [1.54, 1.807) is 0 Å². The van der Waals surface area contributed by atoms with E-state index in [0.29, 0.717) is 6.04 Å². The van der Waals surface area contributed by atoms with Crippen LogP contribution in [0.5, 0.6) is 5.75 Å². The maximum absolute atomic E-state index is 6.17. The molecule has 0 bridgehead atoms. The van der Waals surface area contributed by atoms with E-state index in [-0.39, 0.29) is 17.3 Å². The van der Waals surface area contributed by atoms with Gasteiger partial charge >= 0.3 is 0 Å². The molecule has 118 valence electrons. The second kappa shape index (κ2) is 5.98. The zero-order chi connectivity index (χ0) is 15.7. The number of benzene rings is 1. The minimum atomic E-state index is -0.247. The summed E-state index contributed by atoms with van der Waals surface area (Å²) in [5, 5.41) is 3.26. The molecule has 3 heteroatoms. The first-order valence-electron chi connectivity index (χ1n) is 7.85. The molecular formula is C18H29NO2. The van der Waals surface area contributed by atoms with E-state index < -0.39 is 0 Å². The predicted octanol–water partition coefficient (Wildman–Crippen LogP) is 3.56. The summed E-state index contributed by atoms with van der Waals surface area (Å²) in [5.74, 6) is 0.926. The van der Waals surface area contributed by atoms with Crippen LogP contribution in [0.4, 0.5) is 0 Å². The molecule has 2 unspecified atom stereocenters. The van der Waals surface area contributed by atoms with E-state index >= 15 is 0 Å². The van der Waals surface area contributed by atoms with Crippen molar-refractivity contribution >= 4 is 0 Å². The molecule has 1 aromatic rings. The SMILES string of the molecule is CNC(C)Cc1ccc(OC2CC(C)(C)OC2(C)C)cc1. The minimum absolute atomic E-state index is 0.0922. The van der Waals surface area contributed by atoms with Crippen molar-refractivity contribution in [2.45, 2.75) is 70.8 Å². The van der Waals surface area contributed by atoms with Gasteiger partial charge in [-0.25, -0.2) is 0 Å². The van der Waals surface area contributed by atoms with Crippen molar-refractivity contribution in [1.82, 2.24) is 5.32 Å². The summed E-state index contributed by atoms with van der Waals surface area (Å²) < 4.78 is 12.3. The Kier molecular flexibility index (Phi) is 4.64. The fourth-order valence-corrected chi connectivity index (χ4v) is 3.02. The summed E-state index contributed by atoms with van der Waals surface area (Å²) in [4.78, 5) is 0. The molecule has 1 saturated heterocycles. The molecule has 21 heavy (non-hydrogen) atoms. The lowest BCUT2D eigenvalue weighted by Gasteiger charge is -2.27. The number of rotatable bonds is 5. The zero-order valence-electron chi connectivity index (χ0n) is 14.2. The van der Waals surface area contributed by atoms with Gasteiger partial charge in [-0.3, -0.25) is 0 Å². The first-order valence-corrected chi connectivity index (χ1v) is 7.85. The summed E-state index contributed by atoms with van der Waals surface area (Å²) in [6.07, 6.45) is 2.04. The van der Waals surface area contributed by atoms with E-state index in [4.69, 9.17) is 9.47 Å². The summed E-state index contributed by atoms with van der Waals surface area (Å²) >= 11 is 0. The average Bonchev–Trinajstić information content (AvgIpc) is 2.59. The highest BCUT2D eigenvalue weighted by Gasteiger charge is 2.47. The van der Waals surface area contributed by atoms with Gasteiger partial charge in [-0.1, -0.05) is 12.1 Å². The van der Waals surface area contributed by atoms with Crippen molar-refractivity contribution in [1.29, 1.82) is 0 Å². The molecule has 1 heterocycles. The fraction of sp³-hybridized carbons (Fsp3) is 0.667. The van der Waals surface area contributed by atoms with Crippen molar-refractivity contribution in [2.24, 2.45) is 0 Å². The van der Waals surface area contributed by atoms with Gasteiger partial charge in [-0.05, 0) is 65.8 Å². The smallest absolute Gasteiger partial charge is 0.130 e. The Morgan fingerprint density at radius 1 is 1.24 bits per heavy atom. The maximum atomic E-state index is 6.17.